The largest absolute Gasteiger partial charge is 0.487 e. The van der Waals surface area contributed by atoms with E-state index >= 15 is 0 Å². The van der Waals surface area contributed by atoms with Gasteiger partial charge in [-0.2, -0.15) is 0 Å². The lowest BCUT2D eigenvalue weighted by atomic mass is 10.2. The number of benzene rings is 1. The molecule has 0 atom stereocenters. The molecule has 1 aromatic carbocycles. The van der Waals surface area contributed by atoms with Crippen molar-refractivity contribution >= 4 is 11.4 Å². The lowest BCUT2D eigenvalue weighted by molar-refractivity contribution is -0.385. The van der Waals surface area contributed by atoms with E-state index in [1.54, 1.807) is 25.1 Å². The van der Waals surface area contributed by atoms with Crippen molar-refractivity contribution in [1.82, 2.24) is 0 Å². The molecule has 1 N–H and O–H groups in total. The van der Waals surface area contributed by atoms with Crippen LogP contribution in [-0.2, 0) is 0 Å². The third-order valence-corrected chi connectivity index (χ3v) is 2.77. The molecule has 0 fully saturated rings. The minimum Gasteiger partial charge on any atom is -0.487 e. The monoisotopic (exact) mass is 268 g/mol. The highest BCUT2D eigenvalue weighted by atomic mass is 16.6. The van der Waals surface area contributed by atoms with Crippen LogP contribution in [0.15, 0.2) is 18.2 Å². The van der Waals surface area contributed by atoms with Gasteiger partial charge in [-0.15, -0.1) is 0 Å². The number of aliphatic hydroxyl groups excluding tert-OH is 1. The molecule has 6 heteroatoms. The Labute approximate surface area is 112 Å². The van der Waals surface area contributed by atoms with Gasteiger partial charge in [-0.25, -0.2) is 0 Å². The second-order valence-corrected chi connectivity index (χ2v) is 3.97. The van der Waals surface area contributed by atoms with Crippen molar-refractivity contribution in [2.45, 2.75) is 20.3 Å². The van der Waals surface area contributed by atoms with E-state index in [0.29, 0.717) is 31.8 Å². The molecule has 0 amide bonds. The summed E-state index contributed by atoms with van der Waals surface area (Å²) >= 11 is 0. The zero-order valence-corrected chi connectivity index (χ0v) is 11.3. The Morgan fingerprint density at radius 3 is 2.68 bits per heavy atom. The maximum absolute atomic E-state index is 11.3. The number of anilines is 1. The van der Waals surface area contributed by atoms with Crippen LogP contribution in [0.5, 0.6) is 5.75 Å². The van der Waals surface area contributed by atoms with E-state index in [1.807, 2.05) is 11.8 Å². The number of para-hydroxylation sites is 1. The van der Waals surface area contributed by atoms with E-state index in [2.05, 4.69) is 0 Å². The molecule has 1 aromatic rings. The van der Waals surface area contributed by atoms with Crippen LogP contribution < -0.4 is 9.64 Å². The first-order valence-electron chi connectivity index (χ1n) is 6.41. The first-order chi connectivity index (χ1) is 9.15. The van der Waals surface area contributed by atoms with E-state index in [1.165, 1.54) is 0 Å². The van der Waals surface area contributed by atoms with Crippen LogP contribution in [0.2, 0.25) is 0 Å². The standard InChI is InChI=1S/C13H20N2O4/c1-3-14(9-6-10-16)11-7-5-8-12(19-4-2)13(11)15(17)18/h5,7-8,16H,3-4,6,9-10H2,1-2H3. The minimum absolute atomic E-state index is 0.0101. The Hall–Kier alpha value is -1.82. The Bertz CT molecular complexity index is 423. The molecular weight excluding hydrogens is 248 g/mol. The summed E-state index contributed by atoms with van der Waals surface area (Å²) in [5.74, 6) is 0.285. The summed E-state index contributed by atoms with van der Waals surface area (Å²) in [6, 6.07) is 5.06. The highest BCUT2D eigenvalue weighted by Gasteiger charge is 2.23. The zero-order chi connectivity index (χ0) is 14.3. The average Bonchev–Trinajstić information content (AvgIpc) is 2.40. The zero-order valence-electron chi connectivity index (χ0n) is 11.3. The third kappa shape index (κ3) is 3.82. The van der Waals surface area contributed by atoms with Crippen molar-refractivity contribution in [3.05, 3.63) is 28.3 Å². The van der Waals surface area contributed by atoms with E-state index < -0.39 is 4.92 Å². The van der Waals surface area contributed by atoms with Gasteiger partial charge in [0.25, 0.3) is 0 Å². The fourth-order valence-electron chi connectivity index (χ4n) is 1.93. The summed E-state index contributed by atoms with van der Waals surface area (Å²) < 4.78 is 5.32. The van der Waals surface area contributed by atoms with Crippen molar-refractivity contribution in [2.24, 2.45) is 0 Å². The number of nitro groups is 1. The third-order valence-electron chi connectivity index (χ3n) is 2.77. The average molecular weight is 268 g/mol. The molecule has 0 saturated carbocycles. The fourth-order valence-corrected chi connectivity index (χ4v) is 1.93. The van der Waals surface area contributed by atoms with Crippen LogP contribution in [0, 0.1) is 10.1 Å². The van der Waals surface area contributed by atoms with Crippen molar-refractivity contribution < 1.29 is 14.8 Å². The molecule has 0 aliphatic carbocycles. The fraction of sp³-hybridized carbons (Fsp3) is 0.538. The second-order valence-electron chi connectivity index (χ2n) is 3.97. The molecule has 1 rings (SSSR count). The number of hydrogen-bond acceptors (Lipinski definition) is 5. The molecular formula is C13H20N2O4. The molecule has 0 aliphatic heterocycles. The highest BCUT2D eigenvalue weighted by molar-refractivity contribution is 5.69. The van der Waals surface area contributed by atoms with Crippen LogP contribution in [0.4, 0.5) is 11.4 Å². The molecule has 0 radical (unpaired) electrons. The number of nitro benzene ring substituents is 1. The van der Waals surface area contributed by atoms with E-state index in [9.17, 15) is 10.1 Å². The van der Waals surface area contributed by atoms with Gasteiger partial charge in [0.05, 0.1) is 11.5 Å². The SMILES string of the molecule is CCOc1cccc(N(CC)CCCO)c1[N+](=O)[O-]. The molecule has 106 valence electrons. The molecule has 0 heterocycles. The van der Waals surface area contributed by atoms with Gasteiger partial charge in [-0.1, -0.05) is 6.07 Å². The van der Waals surface area contributed by atoms with Gasteiger partial charge in [0.15, 0.2) is 5.75 Å². The quantitative estimate of drug-likeness (QED) is 0.578. The van der Waals surface area contributed by atoms with Crippen LogP contribution in [0.3, 0.4) is 0 Å². The second kappa shape index (κ2) is 7.58. The summed E-state index contributed by atoms with van der Waals surface area (Å²) in [6.45, 7) is 5.37. The minimum atomic E-state index is -0.415. The van der Waals surface area contributed by atoms with Crippen LogP contribution in [0.25, 0.3) is 0 Å². The molecule has 0 spiro atoms. The molecule has 6 nitrogen and oxygen atoms in total. The van der Waals surface area contributed by atoms with E-state index in [-0.39, 0.29) is 18.0 Å². The molecule has 0 aliphatic rings. The predicted molar refractivity (Wildman–Crippen MR) is 73.9 cm³/mol. The molecule has 0 unspecified atom stereocenters. The Balaban J connectivity index is 3.16. The summed E-state index contributed by atoms with van der Waals surface area (Å²) in [4.78, 5) is 12.7. The molecule has 0 bridgehead atoms. The van der Waals surface area contributed by atoms with Gasteiger partial charge in [0.2, 0.25) is 0 Å². The summed E-state index contributed by atoms with van der Waals surface area (Å²) in [5.41, 5.74) is 0.524. The number of ether oxygens (including phenoxy) is 1. The van der Waals surface area contributed by atoms with Crippen LogP contribution in [0.1, 0.15) is 20.3 Å². The van der Waals surface area contributed by atoms with Gasteiger partial charge in [0, 0.05) is 19.7 Å². The first kappa shape index (κ1) is 15.2. The van der Waals surface area contributed by atoms with Gasteiger partial charge >= 0.3 is 5.69 Å². The number of nitrogens with zero attached hydrogens (tertiary/aromatic N) is 2. The highest BCUT2D eigenvalue weighted by Crippen LogP contribution is 2.37. The predicted octanol–water partition coefficient (Wildman–Crippen LogP) is 2.20. The summed E-state index contributed by atoms with van der Waals surface area (Å²) in [5, 5.41) is 20.2. The lowest BCUT2D eigenvalue weighted by Crippen LogP contribution is -2.25. The normalized spacial score (nSPS) is 10.3. The Morgan fingerprint density at radius 2 is 2.16 bits per heavy atom. The van der Waals surface area contributed by atoms with E-state index in [0.717, 1.165) is 0 Å². The number of hydrogen-bond donors (Lipinski definition) is 1. The summed E-state index contributed by atoms with van der Waals surface area (Å²) in [6.07, 6.45) is 0.573. The van der Waals surface area contributed by atoms with Gasteiger partial charge < -0.3 is 14.7 Å². The van der Waals surface area contributed by atoms with Gasteiger partial charge in [-0.3, -0.25) is 10.1 Å². The molecule has 0 aromatic heterocycles. The number of rotatable bonds is 8. The van der Waals surface area contributed by atoms with Gasteiger partial charge in [0.1, 0.15) is 5.69 Å². The van der Waals surface area contributed by atoms with Crippen LogP contribution >= 0.6 is 0 Å². The van der Waals surface area contributed by atoms with Crippen molar-refractivity contribution in [1.29, 1.82) is 0 Å². The lowest BCUT2D eigenvalue weighted by Gasteiger charge is -2.23. The molecule has 19 heavy (non-hydrogen) atoms. The molecule has 0 saturated heterocycles. The maximum atomic E-state index is 11.3. The van der Waals surface area contributed by atoms with Gasteiger partial charge in [-0.05, 0) is 32.4 Å². The van der Waals surface area contributed by atoms with E-state index in [4.69, 9.17) is 9.84 Å². The van der Waals surface area contributed by atoms with Crippen LogP contribution in [-0.4, -0.2) is 36.3 Å². The Morgan fingerprint density at radius 1 is 1.42 bits per heavy atom. The van der Waals surface area contributed by atoms with Crippen molar-refractivity contribution in [3.63, 3.8) is 0 Å². The maximum Gasteiger partial charge on any atom is 0.333 e. The van der Waals surface area contributed by atoms with Crippen molar-refractivity contribution in [2.75, 3.05) is 31.2 Å². The Kier molecular flexibility index (Phi) is 6.08. The van der Waals surface area contributed by atoms with Crippen molar-refractivity contribution in [3.8, 4) is 5.75 Å². The topological polar surface area (TPSA) is 75.8 Å². The summed E-state index contributed by atoms with van der Waals surface area (Å²) in [7, 11) is 0. The first-order valence-corrected chi connectivity index (χ1v) is 6.41. The smallest absolute Gasteiger partial charge is 0.333 e. The number of aliphatic hydroxyl groups is 1.